The van der Waals surface area contributed by atoms with Crippen LogP contribution in [0, 0.1) is 18.3 Å². The fourth-order valence-electron chi connectivity index (χ4n) is 1.97. The third-order valence-corrected chi connectivity index (χ3v) is 3.53. The van der Waals surface area contributed by atoms with Gasteiger partial charge in [0, 0.05) is 15.6 Å². The normalized spacial score (nSPS) is 11.7. The van der Waals surface area contributed by atoms with E-state index in [9.17, 15) is 10.1 Å². The molecule has 0 spiro atoms. The minimum atomic E-state index is -0.929. The lowest BCUT2D eigenvalue weighted by Crippen LogP contribution is -2.12. The fourth-order valence-corrected chi connectivity index (χ4v) is 2.49. The quantitative estimate of drug-likeness (QED) is 0.765. The first kappa shape index (κ1) is 14.6. The number of nitrogens with zero attached hydrogens (tertiary/aromatic N) is 1. The largest absolute Gasteiger partial charge is 0.292 e. The Hall–Kier alpha value is -1.82. The van der Waals surface area contributed by atoms with Crippen molar-refractivity contribution in [3.63, 3.8) is 0 Å². The van der Waals surface area contributed by atoms with Gasteiger partial charge in [-0.25, -0.2) is 0 Å². The van der Waals surface area contributed by atoms with Crippen LogP contribution in [0.4, 0.5) is 0 Å². The Morgan fingerprint density at radius 1 is 1.20 bits per heavy atom. The molecule has 0 aliphatic heterocycles. The zero-order chi connectivity index (χ0) is 14.7. The first-order valence-corrected chi connectivity index (χ1v) is 6.74. The third kappa shape index (κ3) is 3.01. The van der Waals surface area contributed by atoms with Crippen molar-refractivity contribution in [2.75, 3.05) is 0 Å². The molecular weight excluding hydrogens is 293 g/mol. The van der Waals surface area contributed by atoms with Crippen molar-refractivity contribution < 1.29 is 4.79 Å². The molecule has 0 aliphatic rings. The van der Waals surface area contributed by atoms with E-state index in [1.165, 1.54) is 6.07 Å². The van der Waals surface area contributed by atoms with E-state index in [0.717, 1.165) is 5.56 Å². The van der Waals surface area contributed by atoms with Crippen molar-refractivity contribution in [1.82, 2.24) is 0 Å². The second-order valence-electron chi connectivity index (χ2n) is 4.46. The van der Waals surface area contributed by atoms with E-state index < -0.39 is 5.92 Å². The number of carbonyl (C=O) groups is 1. The van der Waals surface area contributed by atoms with Gasteiger partial charge in [0.2, 0.25) is 0 Å². The Morgan fingerprint density at radius 3 is 2.55 bits per heavy atom. The van der Waals surface area contributed by atoms with Crippen LogP contribution in [0.5, 0.6) is 0 Å². The summed E-state index contributed by atoms with van der Waals surface area (Å²) in [7, 11) is 0. The highest BCUT2D eigenvalue weighted by atomic mass is 35.5. The van der Waals surface area contributed by atoms with Crippen LogP contribution in [0.1, 0.15) is 27.4 Å². The van der Waals surface area contributed by atoms with Gasteiger partial charge in [-0.15, -0.1) is 0 Å². The molecule has 0 aromatic heterocycles. The number of benzene rings is 2. The first-order chi connectivity index (χ1) is 9.52. The van der Waals surface area contributed by atoms with Gasteiger partial charge < -0.3 is 0 Å². The standard InChI is InChI=1S/C16H11Cl2NO/c1-10-3-2-4-11(7-10)16(20)14(9-19)13-6-5-12(17)8-15(13)18/h2-8,14H,1H3. The molecule has 0 bridgehead atoms. The Kier molecular flexibility index (Phi) is 4.44. The van der Waals surface area contributed by atoms with E-state index in [-0.39, 0.29) is 5.78 Å². The van der Waals surface area contributed by atoms with E-state index >= 15 is 0 Å². The van der Waals surface area contributed by atoms with E-state index in [4.69, 9.17) is 23.2 Å². The molecule has 100 valence electrons. The summed E-state index contributed by atoms with van der Waals surface area (Å²) >= 11 is 11.9. The number of aryl methyl sites for hydroxylation is 1. The van der Waals surface area contributed by atoms with Crippen LogP contribution < -0.4 is 0 Å². The van der Waals surface area contributed by atoms with Crippen LogP contribution in [-0.2, 0) is 0 Å². The number of halogens is 2. The van der Waals surface area contributed by atoms with Crippen LogP contribution in [0.15, 0.2) is 42.5 Å². The number of hydrogen-bond acceptors (Lipinski definition) is 2. The van der Waals surface area contributed by atoms with Crippen molar-refractivity contribution in [2.24, 2.45) is 0 Å². The maximum absolute atomic E-state index is 12.5. The summed E-state index contributed by atoms with van der Waals surface area (Å²) in [5.74, 6) is -1.19. The van der Waals surface area contributed by atoms with Crippen LogP contribution >= 0.6 is 23.2 Å². The molecule has 1 atom stereocenters. The van der Waals surface area contributed by atoms with Crippen molar-refractivity contribution >= 4 is 29.0 Å². The number of hydrogen-bond donors (Lipinski definition) is 0. The summed E-state index contributed by atoms with van der Waals surface area (Å²) in [6.07, 6.45) is 0. The molecule has 0 fully saturated rings. The highest BCUT2D eigenvalue weighted by Gasteiger charge is 2.24. The molecular formula is C16H11Cl2NO. The molecule has 2 nitrogen and oxygen atoms in total. The molecule has 0 amide bonds. The molecule has 4 heteroatoms. The smallest absolute Gasteiger partial charge is 0.184 e. The molecule has 2 aromatic carbocycles. The maximum atomic E-state index is 12.5. The Morgan fingerprint density at radius 2 is 1.95 bits per heavy atom. The second-order valence-corrected chi connectivity index (χ2v) is 5.31. The number of rotatable bonds is 3. The van der Waals surface area contributed by atoms with Gasteiger partial charge in [0.1, 0.15) is 5.92 Å². The average molecular weight is 304 g/mol. The summed E-state index contributed by atoms with van der Waals surface area (Å²) in [6.45, 7) is 1.90. The third-order valence-electron chi connectivity index (χ3n) is 2.97. The summed E-state index contributed by atoms with van der Waals surface area (Å²) in [4.78, 5) is 12.5. The van der Waals surface area contributed by atoms with E-state index in [1.807, 2.05) is 19.1 Å². The summed E-state index contributed by atoms with van der Waals surface area (Å²) in [5, 5.41) is 10.1. The maximum Gasteiger partial charge on any atom is 0.184 e. The van der Waals surface area contributed by atoms with Crippen molar-refractivity contribution in [3.8, 4) is 6.07 Å². The van der Waals surface area contributed by atoms with Gasteiger partial charge >= 0.3 is 0 Å². The average Bonchev–Trinajstić information content (AvgIpc) is 2.41. The van der Waals surface area contributed by atoms with Crippen LogP contribution in [0.3, 0.4) is 0 Å². The predicted molar refractivity (Wildman–Crippen MR) is 80.3 cm³/mol. The highest BCUT2D eigenvalue weighted by Crippen LogP contribution is 2.29. The molecule has 0 radical (unpaired) electrons. The monoisotopic (exact) mass is 303 g/mol. The number of Topliss-reactive ketones (excluding diaryl/α,β-unsaturated/α-hetero) is 1. The molecule has 1 unspecified atom stereocenters. The summed E-state index contributed by atoms with van der Waals surface area (Å²) < 4.78 is 0. The molecule has 0 saturated heterocycles. The van der Waals surface area contributed by atoms with Crippen molar-refractivity contribution in [3.05, 3.63) is 69.2 Å². The second kappa shape index (κ2) is 6.09. The van der Waals surface area contributed by atoms with Gasteiger partial charge in [0.05, 0.1) is 6.07 Å². The first-order valence-electron chi connectivity index (χ1n) is 5.98. The van der Waals surface area contributed by atoms with Gasteiger partial charge in [-0.3, -0.25) is 4.79 Å². The molecule has 0 aliphatic carbocycles. The van der Waals surface area contributed by atoms with Crippen molar-refractivity contribution in [2.45, 2.75) is 12.8 Å². The Bertz CT molecular complexity index is 704. The van der Waals surface area contributed by atoms with E-state index in [1.54, 1.807) is 30.3 Å². The van der Waals surface area contributed by atoms with E-state index in [0.29, 0.717) is 21.2 Å². The van der Waals surface area contributed by atoms with Gasteiger partial charge in [0.25, 0.3) is 0 Å². The Balaban J connectivity index is 2.43. The zero-order valence-corrected chi connectivity index (χ0v) is 12.2. The number of carbonyl (C=O) groups excluding carboxylic acids is 1. The van der Waals surface area contributed by atoms with Gasteiger partial charge in [-0.05, 0) is 30.7 Å². The zero-order valence-electron chi connectivity index (χ0n) is 10.7. The minimum absolute atomic E-state index is 0.263. The topological polar surface area (TPSA) is 40.9 Å². The molecule has 0 saturated carbocycles. The Labute approximate surface area is 127 Å². The van der Waals surface area contributed by atoms with Crippen LogP contribution in [0.25, 0.3) is 0 Å². The molecule has 2 aromatic rings. The van der Waals surface area contributed by atoms with Gasteiger partial charge in [-0.2, -0.15) is 5.26 Å². The molecule has 20 heavy (non-hydrogen) atoms. The van der Waals surface area contributed by atoms with Gasteiger partial charge in [0.15, 0.2) is 5.78 Å². The molecule has 2 rings (SSSR count). The lowest BCUT2D eigenvalue weighted by atomic mass is 9.91. The number of nitriles is 1. The highest BCUT2D eigenvalue weighted by molar-refractivity contribution is 6.35. The van der Waals surface area contributed by atoms with E-state index in [2.05, 4.69) is 0 Å². The fraction of sp³-hybridized carbons (Fsp3) is 0.125. The number of ketones is 1. The van der Waals surface area contributed by atoms with Crippen molar-refractivity contribution in [1.29, 1.82) is 5.26 Å². The van der Waals surface area contributed by atoms with Crippen LogP contribution in [-0.4, -0.2) is 5.78 Å². The molecule has 0 N–H and O–H groups in total. The van der Waals surface area contributed by atoms with Crippen LogP contribution in [0.2, 0.25) is 10.0 Å². The van der Waals surface area contributed by atoms with Gasteiger partial charge in [-0.1, -0.05) is 53.0 Å². The minimum Gasteiger partial charge on any atom is -0.292 e. The lowest BCUT2D eigenvalue weighted by molar-refractivity contribution is 0.0979. The molecule has 0 heterocycles. The lowest BCUT2D eigenvalue weighted by Gasteiger charge is -2.11. The SMILES string of the molecule is Cc1cccc(C(=O)C(C#N)c2ccc(Cl)cc2Cl)c1. The summed E-state index contributed by atoms with van der Waals surface area (Å²) in [5.41, 5.74) is 1.95. The predicted octanol–water partition coefficient (Wildman–Crippen LogP) is 4.79. The summed E-state index contributed by atoms with van der Waals surface area (Å²) in [6, 6.07) is 13.9.